The fourth-order valence-corrected chi connectivity index (χ4v) is 3.22. The van der Waals surface area contributed by atoms with Crippen LogP contribution < -0.4 is 0 Å². The van der Waals surface area contributed by atoms with E-state index in [0.717, 1.165) is 5.56 Å². The highest BCUT2D eigenvalue weighted by molar-refractivity contribution is 6.33. The molecule has 1 amide bonds. The van der Waals surface area contributed by atoms with Gasteiger partial charge in [-0.1, -0.05) is 41.4 Å². The zero-order valence-electron chi connectivity index (χ0n) is 15.9. The van der Waals surface area contributed by atoms with Gasteiger partial charge in [-0.3, -0.25) is 4.79 Å². The highest BCUT2D eigenvalue weighted by atomic mass is 35.5. The lowest BCUT2D eigenvalue weighted by Gasteiger charge is -2.15. The van der Waals surface area contributed by atoms with Crippen LogP contribution in [0.1, 0.15) is 27.4 Å². The van der Waals surface area contributed by atoms with Crippen LogP contribution >= 0.6 is 23.2 Å². The Labute approximate surface area is 177 Å². The van der Waals surface area contributed by atoms with Crippen LogP contribution in [0.4, 0.5) is 0 Å². The topological polar surface area (TPSA) is 77.6 Å². The fraction of sp³-hybridized carbons (Fsp3) is 0.250. The van der Waals surface area contributed by atoms with Gasteiger partial charge in [0.25, 0.3) is 5.91 Å². The van der Waals surface area contributed by atoms with Gasteiger partial charge in [0.1, 0.15) is 16.5 Å². The minimum absolute atomic E-state index is 0.125. The molecule has 0 unspecified atom stereocenters. The lowest BCUT2D eigenvalue weighted by atomic mass is 10.2. The third kappa shape index (κ3) is 4.99. The first-order valence-electron chi connectivity index (χ1n) is 8.76. The van der Waals surface area contributed by atoms with Crippen molar-refractivity contribution in [3.63, 3.8) is 0 Å². The molecule has 7 nitrogen and oxygen atoms in total. The minimum Gasteiger partial charge on any atom is -0.467 e. The highest BCUT2D eigenvalue weighted by Crippen LogP contribution is 2.24. The number of ether oxygens (including phenoxy) is 1. The molecule has 152 valence electrons. The van der Waals surface area contributed by atoms with E-state index in [4.69, 9.17) is 32.4 Å². The van der Waals surface area contributed by atoms with Crippen molar-refractivity contribution in [3.8, 4) is 0 Å². The van der Waals surface area contributed by atoms with Crippen molar-refractivity contribution < 1.29 is 18.7 Å². The van der Waals surface area contributed by atoms with E-state index < -0.39 is 12.6 Å². The van der Waals surface area contributed by atoms with Gasteiger partial charge in [0.15, 0.2) is 6.61 Å². The quantitative estimate of drug-likeness (QED) is 0.524. The molecule has 0 saturated carbocycles. The second-order valence-electron chi connectivity index (χ2n) is 6.41. The van der Waals surface area contributed by atoms with E-state index in [1.807, 2.05) is 18.2 Å². The number of aromatic nitrogens is 2. The molecule has 0 spiro atoms. The van der Waals surface area contributed by atoms with Crippen LogP contribution in [0.25, 0.3) is 0 Å². The number of furan rings is 1. The number of aryl methyl sites for hydroxylation is 1. The van der Waals surface area contributed by atoms with Crippen LogP contribution in [-0.4, -0.2) is 40.2 Å². The monoisotopic (exact) mass is 435 g/mol. The molecule has 0 N–H and O–H groups in total. The summed E-state index contributed by atoms with van der Waals surface area (Å²) in [6.45, 7) is 1.81. The number of amides is 1. The van der Waals surface area contributed by atoms with Gasteiger partial charge in [-0.05, 0) is 30.7 Å². The van der Waals surface area contributed by atoms with Crippen LogP contribution in [0.2, 0.25) is 10.2 Å². The van der Waals surface area contributed by atoms with Crippen molar-refractivity contribution in [1.29, 1.82) is 0 Å². The summed E-state index contributed by atoms with van der Waals surface area (Å²) in [4.78, 5) is 26.1. The molecule has 0 radical (unpaired) electrons. The first kappa shape index (κ1) is 21.0. The zero-order chi connectivity index (χ0) is 21.0. The number of likely N-dealkylation sites (N-methyl/N-ethyl adjacent to an activating group) is 1. The number of nitrogens with zero attached hydrogens (tertiary/aromatic N) is 3. The van der Waals surface area contributed by atoms with E-state index in [0.29, 0.717) is 23.0 Å². The fourth-order valence-electron chi connectivity index (χ4n) is 2.71. The molecule has 0 saturated heterocycles. The van der Waals surface area contributed by atoms with Crippen LogP contribution in [0.5, 0.6) is 0 Å². The van der Waals surface area contributed by atoms with Gasteiger partial charge in [-0.15, -0.1) is 0 Å². The molecule has 0 aliphatic heterocycles. The van der Waals surface area contributed by atoms with E-state index in [9.17, 15) is 9.59 Å². The largest absolute Gasteiger partial charge is 0.467 e. The molecule has 0 aliphatic carbocycles. The second kappa shape index (κ2) is 9.15. The van der Waals surface area contributed by atoms with Crippen LogP contribution in [0.3, 0.4) is 0 Å². The van der Waals surface area contributed by atoms with Crippen molar-refractivity contribution in [3.05, 3.63) is 75.4 Å². The normalized spacial score (nSPS) is 10.8. The molecule has 3 aromatic rings. The summed E-state index contributed by atoms with van der Waals surface area (Å²) < 4.78 is 11.8. The summed E-state index contributed by atoms with van der Waals surface area (Å²) in [6.07, 6.45) is 1.53. The Morgan fingerprint density at radius 2 is 1.97 bits per heavy atom. The Morgan fingerprint density at radius 3 is 2.66 bits per heavy atom. The van der Waals surface area contributed by atoms with Gasteiger partial charge in [0.2, 0.25) is 0 Å². The van der Waals surface area contributed by atoms with E-state index in [-0.39, 0.29) is 23.2 Å². The Bertz CT molecular complexity index is 1010. The van der Waals surface area contributed by atoms with Gasteiger partial charge in [-0.2, -0.15) is 5.10 Å². The van der Waals surface area contributed by atoms with Crippen molar-refractivity contribution in [2.45, 2.75) is 20.0 Å². The molecule has 2 heterocycles. The molecule has 2 aromatic heterocycles. The average Bonchev–Trinajstić information content (AvgIpc) is 3.29. The van der Waals surface area contributed by atoms with Crippen LogP contribution in [0.15, 0.2) is 47.1 Å². The van der Waals surface area contributed by atoms with E-state index >= 15 is 0 Å². The zero-order valence-corrected chi connectivity index (χ0v) is 17.4. The number of halogens is 2. The van der Waals surface area contributed by atoms with Crippen LogP contribution in [-0.2, 0) is 22.6 Å². The van der Waals surface area contributed by atoms with Crippen molar-refractivity contribution in [2.24, 2.45) is 0 Å². The lowest BCUT2D eigenvalue weighted by molar-refractivity contribution is -0.133. The molecule has 0 bridgehead atoms. The highest BCUT2D eigenvalue weighted by Gasteiger charge is 2.23. The SMILES string of the molecule is Cc1nn(Cc2ccccc2Cl)c(Cl)c1C(=O)OCC(=O)N(C)Cc1ccco1. The second-order valence-corrected chi connectivity index (χ2v) is 7.17. The standard InChI is InChI=1S/C20H19Cl2N3O4/c1-13-18(19(22)25(23-13)10-14-6-3-4-8-16(14)21)20(27)29-12-17(26)24(2)11-15-7-5-9-28-15/h3-9H,10-12H2,1-2H3. The predicted molar refractivity (Wildman–Crippen MR) is 108 cm³/mol. The maximum atomic E-state index is 12.5. The van der Waals surface area contributed by atoms with Gasteiger partial charge < -0.3 is 14.1 Å². The first-order valence-corrected chi connectivity index (χ1v) is 9.52. The Kier molecular flexibility index (Phi) is 6.61. The number of carbonyl (C=O) groups excluding carboxylic acids is 2. The molecule has 9 heteroatoms. The Hall–Kier alpha value is -2.77. The van der Waals surface area contributed by atoms with Crippen molar-refractivity contribution >= 4 is 35.1 Å². The maximum Gasteiger partial charge on any atom is 0.343 e. The summed E-state index contributed by atoms with van der Waals surface area (Å²) in [6, 6.07) is 10.8. The number of hydrogen-bond acceptors (Lipinski definition) is 5. The summed E-state index contributed by atoms with van der Waals surface area (Å²) in [5.41, 5.74) is 1.34. The number of esters is 1. The predicted octanol–water partition coefficient (Wildman–Crippen LogP) is 3.96. The third-order valence-electron chi connectivity index (χ3n) is 4.27. The molecule has 3 rings (SSSR count). The smallest absolute Gasteiger partial charge is 0.343 e. The van der Waals surface area contributed by atoms with Gasteiger partial charge >= 0.3 is 5.97 Å². The minimum atomic E-state index is -0.711. The van der Waals surface area contributed by atoms with Crippen LogP contribution in [0, 0.1) is 6.92 Å². The lowest BCUT2D eigenvalue weighted by Crippen LogP contribution is -2.30. The molecular formula is C20H19Cl2N3O4. The van der Waals surface area contributed by atoms with Gasteiger partial charge in [0.05, 0.1) is 25.0 Å². The molecule has 0 atom stereocenters. The summed E-state index contributed by atoms with van der Waals surface area (Å²) >= 11 is 12.5. The Balaban J connectivity index is 1.64. The number of benzene rings is 1. The van der Waals surface area contributed by atoms with E-state index in [2.05, 4.69) is 5.10 Å². The summed E-state index contributed by atoms with van der Waals surface area (Å²) in [5, 5.41) is 5.00. The summed E-state index contributed by atoms with van der Waals surface area (Å²) in [7, 11) is 1.60. The van der Waals surface area contributed by atoms with E-state index in [1.165, 1.54) is 15.8 Å². The van der Waals surface area contributed by atoms with Crippen molar-refractivity contribution in [2.75, 3.05) is 13.7 Å². The van der Waals surface area contributed by atoms with Gasteiger partial charge in [0, 0.05) is 12.1 Å². The molecule has 1 aromatic carbocycles. The summed E-state index contributed by atoms with van der Waals surface area (Å²) in [5.74, 6) is -0.448. The molecule has 0 aliphatic rings. The molecular weight excluding hydrogens is 417 g/mol. The number of rotatable bonds is 7. The maximum absolute atomic E-state index is 12.5. The van der Waals surface area contributed by atoms with Gasteiger partial charge in [-0.25, -0.2) is 9.48 Å². The Morgan fingerprint density at radius 1 is 1.21 bits per heavy atom. The number of carbonyl (C=O) groups is 2. The average molecular weight is 436 g/mol. The van der Waals surface area contributed by atoms with Crippen molar-refractivity contribution in [1.82, 2.24) is 14.7 Å². The third-order valence-corrected chi connectivity index (χ3v) is 5.03. The first-order chi connectivity index (χ1) is 13.9. The van der Waals surface area contributed by atoms with E-state index in [1.54, 1.807) is 32.2 Å². The molecule has 29 heavy (non-hydrogen) atoms. The molecule has 0 fully saturated rings. The number of hydrogen-bond donors (Lipinski definition) is 0.